The van der Waals surface area contributed by atoms with Crippen molar-refractivity contribution < 1.29 is 13.1 Å². The van der Waals surface area contributed by atoms with Crippen molar-refractivity contribution >= 4 is 64.5 Å². The van der Waals surface area contributed by atoms with Gasteiger partial charge < -0.3 is 4.57 Å². The first-order chi connectivity index (χ1) is 17.0. The summed E-state index contributed by atoms with van der Waals surface area (Å²) in [4.78, 5) is 9.77. The van der Waals surface area contributed by atoms with Crippen molar-refractivity contribution in [2.45, 2.75) is 13.8 Å². The number of aliphatic imine (C=N–C) groups is 2. The summed E-state index contributed by atoms with van der Waals surface area (Å²) in [6.07, 6.45) is 0. The number of halogens is 2. The average Bonchev–Trinajstić information content (AvgIpc) is 3.26. The first-order valence-corrected chi connectivity index (χ1v) is 14.1. The van der Waals surface area contributed by atoms with E-state index >= 15 is 0 Å². The zero-order valence-corrected chi connectivity index (χ0v) is 22.3. The van der Waals surface area contributed by atoms with Gasteiger partial charge in [0.15, 0.2) is 0 Å². The van der Waals surface area contributed by atoms with Gasteiger partial charge in [-0.1, -0.05) is 60.7 Å². The Morgan fingerprint density at radius 3 is 1.37 bits per heavy atom. The van der Waals surface area contributed by atoms with Gasteiger partial charge in [0, 0.05) is 7.05 Å². The summed E-state index contributed by atoms with van der Waals surface area (Å²) >= 11 is 0.194. The second-order valence-electron chi connectivity index (χ2n) is 8.17. The first kappa shape index (κ1) is 25.2. The third-order valence-electron chi connectivity index (χ3n) is 5.92. The van der Waals surface area contributed by atoms with Gasteiger partial charge in [0.2, 0.25) is 0 Å². The average molecular weight is 542 g/mol. The molecule has 5 aromatic rings. The van der Waals surface area contributed by atoms with E-state index in [4.69, 9.17) is 30.2 Å². The summed E-state index contributed by atoms with van der Waals surface area (Å²) in [5, 5.41) is 4.86. The molecule has 0 unspecified atom stereocenters. The molecule has 5 rings (SSSR count). The molecule has 0 fully saturated rings. The second kappa shape index (κ2) is 11.7. The van der Waals surface area contributed by atoms with Crippen molar-refractivity contribution in [3.63, 3.8) is 0 Å². The van der Waals surface area contributed by atoms with Crippen LogP contribution in [0.3, 0.4) is 0 Å². The number of aromatic nitrogens is 1. The third kappa shape index (κ3) is 6.04. The predicted octanol–water partition coefficient (Wildman–Crippen LogP) is 8.99. The van der Waals surface area contributed by atoms with Gasteiger partial charge in [-0.05, 0) is 71.8 Å². The topological polar surface area (TPSA) is 29.6 Å². The fourth-order valence-corrected chi connectivity index (χ4v) is 4.23. The zero-order chi connectivity index (χ0) is 24.8. The summed E-state index contributed by atoms with van der Waals surface area (Å²) < 4.78 is 2.17. The Kier molecular flexibility index (Phi) is 8.43. The Balaban J connectivity index is 0.000000917. The number of benzene rings is 4. The molecule has 0 amide bonds. The Labute approximate surface area is 220 Å². The summed E-state index contributed by atoms with van der Waals surface area (Å²) in [5.74, 6) is 0. The number of nitrogens with zero attached hydrogens (tertiary/aromatic N) is 3. The Hall–Kier alpha value is -2.88. The van der Waals surface area contributed by atoms with Crippen LogP contribution in [-0.4, -0.2) is 16.0 Å². The Bertz CT molecular complexity index is 1420. The van der Waals surface area contributed by atoms with Crippen LogP contribution in [-0.2, 0) is 20.2 Å². The maximum atomic E-state index is 4.89. The monoisotopic (exact) mass is 541 g/mol. The van der Waals surface area contributed by atoms with Crippen molar-refractivity contribution in [3.05, 3.63) is 108 Å². The van der Waals surface area contributed by atoms with Crippen molar-refractivity contribution in [1.82, 2.24) is 4.57 Å². The SMILES string of the molecule is CC(=Nc1ccc2ccccc2c1)c1ccc(C(C)=Nc2ccc3ccccc3c2)n1C.[Cl][Fe][Cl]. The fraction of sp³-hybridized carbons (Fsp3) is 0.103. The molecule has 4 aromatic carbocycles. The molecule has 1 aromatic heterocycles. The van der Waals surface area contributed by atoms with E-state index in [9.17, 15) is 0 Å². The van der Waals surface area contributed by atoms with Gasteiger partial charge >= 0.3 is 33.3 Å². The number of fused-ring (bicyclic) bond motifs is 2. The van der Waals surface area contributed by atoms with Crippen LogP contribution in [0, 0.1) is 0 Å². The second-order valence-corrected chi connectivity index (χ2v) is 9.99. The van der Waals surface area contributed by atoms with Crippen molar-refractivity contribution in [2.75, 3.05) is 0 Å². The Morgan fingerprint density at radius 2 is 0.971 bits per heavy atom. The quantitative estimate of drug-likeness (QED) is 0.160. The molecule has 0 radical (unpaired) electrons. The van der Waals surface area contributed by atoms with Gasteiger partial charge in [-0.25, -0.2) is 0 Å². The molecule has 6 heteroatoms. The van der Waals surface area contributed by atoms with E-state index in [0.717, 1.165) is 34.2 Å². The van der Waals surface area contributed by atoms with Gasteiger partial charge in [-0.2, -0.15) is 0 Å². The van der Waals surface area contributed by atoms with E-state index < -0.39 is 0 Å². The molecule has 0 spiro atoms. The first-order valence-electron chi connectivity index (χ1n) is 11.1. The van der Waals surface area contributed by atoms with E-state index in [1.807, 2.05) is 0 Å². The van der Waals surface area contributed by atoms with Crippen molar-refractivity contribution in [3.8, 4) is 0 Å². The summed E-state index contributed by atoms with van der Waals surface area (Å²) in [5.41, 5.74) is 6.05. The number of hydrogen-bond donors (Lipinski definition) is 0. The molecule has 0 bridgehead atoms. The van der Waals surface area contributed by atoms with Crippen molar-refractivity contribution in [2.24, 2.45) is 17.0 Å². The molecule has 0 aliphatic rings. The minimum absolute atomic E-state index is 0.194. The molecule has 0 aliphatic carbocycles. The van der Waals surface area contributed by atoms with E-state index in [0.29, 0.717) is 0 Å². The summed E-state index contributed by atoms with van der Waals surface area (Å²) in [6.45, 7) is 4.12. The molecular formula is C29H25Cl2FeN3. The molecule has 0 N–H and O–H groups in total. The van der Waals surface area contributed by atoms with Crippen LogP contribution >= 0.6 is 20.2 Å². The van der Waals surface area contributed by atoms with Gasteiger partial charge in [0.05, 0.1) is 34.2 Å². The van der Waals surface area contributed by atoms with Gasteiger partial charge in [0.25, 0.3) is 0 Å². The fourth-order valence-electron chi connectivity index (χ4n) is 4.23. The van der Waals surface area contributed by atoms with E-state index in [1.54, 1.807) is 0 Å². The molecule has 3 nitrogen and oxygen atoms in total. The van der Waals surface area contributed by atoms with Crippen LogP contribution < -0.4 is 0 Å². The molecule has 0 atom stereocenters. The minimum atomic E-state index is 0.194. The number of hydrogen-bond acceptors (Lipinski definition) is 2. The standard InChI is InChI=1S/C29H25N3.2ClH.Fe/c1-20(30-26-14-12-22-8-4-6-10-24(22)18-26)28-16-17-29(32(28)3)21(2)31-27-15-13-23-9-5-7-11-25(23)19-27;;;/h4-19H,1-3H3;2*1H;/q;;;+2/p-2. The van der Waals surface area contributed by atoms with Crippen LogP contribution in [0.4, 0.5) is 11.4 Å². The maximum absolute atomic E-state index is 4.89. The Morgan fingerprint density at radius 1 is 0.600 bits per heavy atom. The molecule has 0 aliphatic heterocycles. The molecule has 0 saturated heterocycles. The summed E-state index contributed by atoms with van der Waals surface area (Å²) in [7, 11) is 11.6. The van der Waals surface area contributed by atoms with E-state index in [-0.39, 0.29) is 13.1 Å². The molecular weight excluding hydrogens is 517 g/mol. The molecule has 35 heavy (non-hydrogen) atoms. The van der Waals surface area contributed by atoms with E-state index in [1.165, 1.54) is 21.5 Å². The van der Waals surface area contributed by atoms with Crippen LogP contribution in [0.1, 0.15) is 25.2 Å². The van der Waals surface area contributed by atoms with Gasteiger partial charge in [0.1, 0.15) is 0 Å². The predicted molar refractivity (Wildman–Crippen MR) is 149 cm³/mol. The van der Waals surface area contributed by atoms with Crippen LogP contribution in [0.15, 0.2) is 107 Å². The molecule has 178 valence electrons. The van der Waals surface area contributed by atoms with Crippen LogP contribution in [0.5, 0.6) is 0 Å². The normalized spacial score (nSPS) is 12.1. The zero-order valence-electron chi connectivity index (χ0n) is 19.7. The summed E-state index contributed by atoms with van der Waals surface area (Å²) in [6, 6.07) is 33.6. The van der Waals surface area contributed by atoms with Crippen LogP contribution in [0.25, 0.3) is 21.5 Å². The van der Waals surface area contributed by atoms with Gasteiger partial charge in [-0.3, -0.25) is 9.98 Å². The number of rotatable bonds is 4. The third-order valence-corrected chi connectivity index (χ3v) is 5.92. The molecule has 0 saturated carbocycles. The molecule has 1 heterocycles. The van der Waals surface area contributed by atoms with E-state index in [2.05, 4.69) is 123 Å². The van der Waals surface area contributed by atoms with Gasteiger partial charge in [-0.15, -0.1) is 0 Å². The van der Waals surface area contributed by atoms with Crippen LogP contribution in [0.2, 0.25) is 0 Å². The van der Waals surface area contributed by atoms with Crippen molar-refractivity contribution in [1.29, 1.82) is 0 Å².